The maximum absolute atomic E-state index is 13.1. The van der Waals surface area contributed by atoms with E-state index in [9.17, 15) is 18.5 Å². The topological polar surface area (TPSA) is 136 Å². The second-order valence-electron chi connectivity index (χ2n) is 7.36. The van der Waals surface area contributed by atoms with Crippen LogP contribution in [0.4, 0.5) is 5.69 Å². The van der Waals surface area contributed by atoms with Crippen LogP contribution in [0.5, 0.6) is 5.75 Å². The highest BCUT2D eigenvalue weighted by atomic mass is 35.5. The van der Waals surface area contributed by atoms with Gasteiger partial charge in [0.15, 0.2) is 0 Å². The Balaban J connectivity index is 1.54. The second-order valence-corrected chi connectivity index (χ2v) is 9.68. The van der Waals surface area contributed by atoms with E-state index >= 15 is 0 Å². The van der Waals surface area contributed by atoms with Crippen molar-refractivity contribution in [1.82, 2.24) is 14.8 Å². The minimum absolute atomic E-state index is 0.0388. The molecule has 0 saturated carbocycles. The number of ether oxygens (including phenoxy) is 3. The first-order valence-electron chi connectivity index (χ1n) is 9.70. The number of halogens is 1. The molecule has 0 radical (unpaired) electrons. The molecule has 0 N–H and O–H groups in total. The Hall–Kier alpha value is -3.06. The van der Waals surface area contributed by atoms with Gasteiger partial charge in [0.2, 0.25) is 20.8 Å². The lowest BCUT2D eigenvalue weighted by Crippen LogP contribution is -2.37. The smallest absolute Gasteiger partial charge is 0.269 e. The third-order valence-corrected chi connectivity index (χ3v) is 6.89. The molecule has 33 heavy (non-hydrogen) atoms. The number of aromatic nitrogens is 3. The zero-order valence-electron chi connectivity index (χ0n) is 17.3. The number of sulfone groups is 1. The van der Waals surface area contributed by atoms with Crippen molar-refractivity contribution >= 4 is 27.1 Å². The molecule has 1 saturated heterocycles. The van der Waals surface area contributed by atoms with E-state index in [1.54, 1.807) is 24.3 Å². The Morgan fingerprint density at radius 3 is 2.55 bits per heavy atom. The molecule has 2 aromatic carbocycles. The number of aryl methyl sites for hydroxylation is 1. The van der Waals surface area contributed by atoms with Crippen molar-refractivity contribution in [3.63, 3.8) is 0 Å². The molecule has 3 aromatic rings. The monoisotopic (exact) mass is 494 g/mol. The number of non-ortho nitro benzene ring substituents is 1. The molecule has 1 fully saturated rings. The molecule has 174 valence electrons. The Bertz CT molecular complexity index is 1250. The number of hydrogen-bond donors (Lipinski definition) is 0. The van der Waals surface area contributed by atoms with Crippen molar-refractivity contribution in [1.29, 1.82) is 0 Å². The molecule has 0 amide bonds. The third kappa shape index (κ3) is 4.98. The minimum atomic E-state index is -3.95. The van der Waals surface area contributed by atoms with Crippen LogP contribution in [0.25, 0.3) is 0 Å². The molecule has 13 heteroatoms. The van der Waals surface area contributed by atoms with E-state index in [0.717, 1.165) is 0 Å². The van der Waals surface area contributed by atoms with Crippen LogP contribution in [0, 0.1) is 10.1 Å². The summed E-state index contributed by atoms with van der Waals surface area (Å²) in [7, 11) is -2.42. The average molecular weight is 495 g/mol. The highest BCUT2D eigenvalue weighted by Gasteiger charge is 2.48. The average Bonchev–Trinajstić information content (AvgIpc) is 3.40. The first kappa shape index (κ1) is 23.1. The van der Waals surface area contributed by atoms with Crippen LogP contribution in [0.3, 0.4) is 0 Å². The fraction of sp³-hybridized carbons (Fsp3) is 0.300. The fourth-order valence-electron chi connectivity index (χ4n) is 3.38. The lowest BCUT2D eigenvalue weighted by molar-refractivity contribution is -0.384. The minimum Gasteiger partial charge on any atom is -0.491 e. The van der Waals surface area contributed by atoms with Crippen LogP contribution in [0.2, 0.25) is 5.02 Å². The van der Waals surface area contributed by atoms with Crippen LogP contribution < -0.4 is 4.74 Å². The normalized spacial score (nSPS) is 20.6. The fourth-order valence-corrected chi connectivity index (χ4v) is 5.11. The van der Waals surface area contributed by atoms with Crippen molar-refractivity contribution in [2.45, 2.75) is 17.0 Å². The summed E-state index contributed by atoms with van der Waals surface area (Å²) in [5.74, 6) is -1.75. The largest absolute Gasteiger partial charge is 0.491 e. The standard InChI is InChI=1S/C20H19ClN4O7S/c1-24-13-22-23-19(24)33(28,29)12-20(14-2-4-15(21)5-3-14)31-11-18(32-20)10-30-17-8-6-16(7-9-17)25(26)27/h2-9,13,18H,10-12H2,1H3. The summed E-state index contributed by atoms with van der Waals surface area (Å²) in [5, 5.41) is 18.4. The van der Waals surface area contributed by atoms with Crippen LogP contribution in [0.1, 0.15) is 5.56 Å². The van der Waals surface area contributed by atoms with Gasteiger partial charge in [0, 0.05) is 29.8 Å². The number of hydrogen-bond acceptors (Lipinski definition) is 9. The number of nitro benzene ring substituents is 1. The van der Waals surface area contributed by atoms with E-state index in [4.69, 9.17) is 25.8 Å². The molecular weight excluding hydrogens is 476 g/mol. The quantitative estimate of drug-likeness (QED) is 0.341. The van der Waals surface area contributed by atoms with Crippen molar-refractivity contribution < 1.29 is 27.6 Å². The summed E-state index contributed by atoms with van der Waals surface area (Å²) < 4.78 is 45.2. The van der Waals surface area contributed by atoms with Gasteiger partial charge in [0.1, 0.15) is 30.5 Å². The first-order chi connectivity index (χ1) is 15.7. The van der Waals surface area contributed by atoms with Crippen LogP contribution in [-0.4, -0.2) is 53.2 Å². The van der Waals surface area contributed by atoms with Gasteiger partial charge in [-0.2, -0.15) is 0 Å². The van der Waals surface area contributed by atoms with E-state index in [2.05, 4.69) is 10.2 Å². The van der Waals surface area contributed by atoms with E-state index in [0.29, 0.717) is 16.3 Å². The number of rotatable bonds is 8. The van der Waals surface area contributed by atoms with Gasteiger partial charge in [0.25, 0.3) is 5.69 Å². The van der Waals surface area contributed by atoms with Crippen LogP contribution in [0.15, 0.2) is 60.0 Å². The predicted octanol–water partition coefficient (Wildman–Crippen LogP) is 2.50. The maximum atomic E-state index is 13.1. The Morgan fingerprint density at radius 1 is 1.24 bits per heavy atom. The summed E-state index contributed by atoms with van der Waals surface area (Å²) in [6, 6.07) is 12.1. The molecule has 1 aliphatic rings. The zero-order valence-corrected chi connectivity index (χ0v) is 18.9. The zero-order chi connectivity index (χ0) is 23.6. The molecule has 1 aliphatic heterocycles. The number of nitrogens with zero attached hydrogens (tertiary/aromatic N) is 4. The molecule has 0 aliphatic carbocycles. The predicted molar refractivity (Wildman–Crippen MR) is 116 cm³/mol. The summed E-state index contributed by atoms with van der Waals surface area (Å²) >= 11 is 5.99. The summed E-state index contributed by atoms with van der Waals surface area (Å²) in [6.07, 6.45) is 0.685. The third-order valence-electron chi connectivity index (χ3n) is 4.95. The Labute approximate surface area is 193 Å². The van der Waals surface area contributed by atoms with Gasteiger partial charge in [0.05, 0.1) is 11.5 Å². The molecule has 2 heterocycles. The summed E-state index contributed by atoms with van der Waals surface area (Å²) in [4.78, 5) is 10.3. The summed E-state index contributed by atoms with van der Waals surface area (Å²) in [5.41, 5.74) is 0.411. The summed E-state index contributed by atoms with van der Waals surface area (Å²) in [6.45, 7) is 0.0983. The molecule has 0 spiro atoms. The van der Waals surface area contributed by atoms with Gasteiger partial charge >= 0.3 is 0 Å². The van der Waals surface area contributed by atoms with E-state index in [1.165, 1.54) is 42.2 Å². The number of nitro groups is 1. The van der Waals surface area contributed by atoms with Gasteiger partial charge in [-0.15, -0.1) is 10.2 Å². The second kappa shape index (κ2) is 9.06. The van der Waals surface area contributed by atoms with Gasteiger partial charge in [-0.25, -0.2) is 8.42 Å². The lowest BCUT2D eigenvalue weighted by atomic mass is 10.1. The Kier molecular flexibility index (Phi) is 6.34. The first-order valence-corrected chi connectivity index (χ1v) is 11.7. The van der Waals surface area contributed by atoms with Gasteiger partial charge in [-0.3, -0.25) is 10.1 Å². The molecule has 0 bridgehead atoms. The van der Waals surface area contributed by atoms with Gasteiger partial charge in [-0.05, 0) is 24.3 Å². The molecule has 11 nitrogen and oxygen atoms in total. The van der Waals surface area contributed by atoms with Crippen LogP contribution >= 0.6 is 11.6 Å². The lowest BCUT2D eigenvalue weighted by Gasteiger charge is -2.28. The van der Waals surface area contributed by atoms with Crippen LogP contribution in [-0.2, 0) is 32.1 Å². The van der Waals surface area contributed by atoms with Crippen molar-refractivity contribution in [2.75, 3.05) is 19.0 Å². The van der Waals surface area contributed by atoms with E-state index < -0.39 is 32.4 Å². The molecule has 2 atom stereocenters. The van der Waals surface area contributed by atoms with Crippen molar-refractivity contribution in [3.05, 3.63) is 75.6 Å². The van der Waals surface area contributed by atoms with Crippen molar-refractivity contribution in [2.24, 2.45) is 7.05 Å². The molecular formula is C20H19ClN4O7S. The Morgan fingerprint density at radius 2 is 1.94 bits per heavy atom. The number of benzene rings is 2. The maximum Gasteiger partial charge on any atom is 0.269 e. The SMILES string of the molecule is Cn1cnnc1S(=O)(=O)CC1(c2ccc(Cl)cc2)OCC(COc2ccc([N+](=O)[O-])cc2)O1. The van der Waals surface area contributed by atoms with Crippen molar-refractivity contribution in [3.8, 4) is 5.75 Å². The highest BCUT2D eigenvalue weighted by molar-refractivity contribution is 7.91. The highest BCUT2D eigenvalue weighted by Crippen LogP contribution is 2.37. The van der Waals surface area contributed by atoms with Gasteiger partial charge < -0.3 is 18.8 Å². The van der Waals surface area contributed by atoms with Gasteiger partial charge in [-0.1, -0.05) is 23.7 Å². The van der Waals surface area contributed by atoms with E-state index in [-0.39, 0.29) is 24.1 Å². The molecule has 2 unspecified atom stereocenters. The van der Waals surface area contributed by atoms with E-state index in [1.807, 2.05) is 0 Å². The molecule has 4 rings (SSSR count). The molecule has 1 aromatic heterocycles.